The summed E-state index contributed by atoms with van der Waals surface area (Å²) in [5.41, 5.74) is 4.18. The summed E-state index contributed by atoms with van der Waals surface area (Å²) >= 11 is 10.0. The zero-order valence-corrected chi connectivity index (χ0v) is 19.6. The molecule has 1 aliphatic carbocycles. The number of piperidine rings is 1. The van der Waals surface area contributed by atoms with Crippen molar-refractivity contribution >= 4 is 33.5 Å². The first kappa shape index (κ1) is 21.6. The number of likely N-dealkylation sites (tertiary alicyclic amines) is 1. The fourth-order valence-corrected chi connectivity index (χ4v) is 5.24. The van der Waals surface area contributed by atoms with Gasteiger partial charge in [-0.2, -0.15) is 0 Å². The number of fused-ring (bicyclic) bond motifs is 1. The second kappa shape index (κ2) is 9.25. The van der Waals surface area contributed by atoms with Crippen molar-refractivity contribution in [2.75, 3.05) is 26.8 Å². The van der Waals surface area contributed by atoms with Gasteiger partial charge in [0.2, 0.25) is 5.88 Å². The standard InChI is InChI=1S/C23H26BrClN2O3/c1-3-30-23(28)14-9-11-27(12-10-14)19-8-7-15-13-18(26-22(29-2)20(15)19)16-5-4-6-17(24)21(16)25/h4-6,13-14,19H,3,7-12H2,1-2H3/t19-/m1/s1. The predicted molar refractivity (Wildman–Crippen MR) is 121 cm³/mol. The molecule has 0 saturated carbocycles. The molecule has 1 aromatic heterocycles. The Bertz CT molecular complexity index is 944. The normalized spacial score (nSPS) is 19.5. The summed E-state index contributed by atoms with van der Waals surface area (Å²) < 4.78 is 11.8. The first-order valence-electron chi connectivity index (χ1n) is 10.5. The second-order valence-corrected chi connectivity index (χ2v) is 9.04. The van der Waals surface area contributed by atoms with Crippen molar-refractivity contribution in [3.63, 3.8) is 0 Å². The van der Waals surface area contributed by atoms with Gasteiger partial charge < -0.3 is 9.47 Å². The molecule has 0 amide bonds. The molecule has 0 bridgehead atoms. The second-order valence-electron chi connectivity index (χ2n) is 7.81. The van der Waals surface area contributed by atoms with Crippen molar-refractivity contribution in [2.24, 2.45) is 5.92 Å². The van der Waals surface area contributed by atoms with E-state index >= 15 is 0 Å². The summed E-state index contributed by atoms with van der Waals surface area (Å²) in [6.07, 6.45) is 3.70. The fourth-order valence-electron chi connectivity index (χ4n) is 4.65. The summed E-state index contributed by atoms with van der Waals surface area (Å²) in [6, 6.07) is 8.29. The number of hydrogen-bond donors (Lipinski definition) is 0. The van der Waals surface area contributed by atoms with Crippen LogP contribution in [0.4, 0.5) is 0 Å². The molecule has 0 radical (unpaired) electrons. The van der Waals surface area contributed by atoms with E-state index in [1.807, 2.05) is 25.1 Å². The third-order valence-corrected chi connectivity index (χ3v) is 7.44. The molecule has 0 unspecified atom stereocenters. The summed E-state index contributed by atoms with van der Waals surface area (Å²) in [7, 11) is 1.68. The van der Waals surface area contributed by atoms with Crippen molar-refractivity contribution in [2.45, 2.75) is 38.6 Å². The lowest BCUT2D eigenvalue weighted by Crippen LogP contribution is -2.38. The molecule has 0 N–H and O–H groups in total. The number of halogens is 2. The first-order chi connectivity index (χ1) is 14.5. The lowest BCUT2D eigenvalue weighted by atomic mass is 9.94. The number of nitrogens with zero attached hydrogens (tertiary/aromatic N) is 2. The van der Waals surface area contributed by atoms with Gasteiger partial charge in [-0.05, 0) is 79.3 Å². The van der Waals surface area contributed by atoms with Crippen molar-refractivity contribution in [3.8, 4) is 17.1 Å². The zero-order valence-electron chi connectivity index (χ0n) is 17.3. The Kier molecular flexibility index (Phi) is 6.66. The Hall–Kier alpha value is -1.63. The number of aromatic nitrogens is 1. The first-order valence-corrected chi connectivity index (χ1v) is 11.6. The Morgan fingerprint density at radius 2 is 2.07 bits per heavy atom. The van der Waals surface area contributed by atoms with Crippen molar-refractivity contribution in [1.82, 2.24) is 9.88 Å². The highest BCUT2D eigenvalue weighted by Crippen LogP contribution is 2.44. The molecule has 2 aromatic rings. The van der Waals surface area contributed by atoms with Gasteiger partial charge in [-0.1, -0.05) is 23.7 Å². The van der Waals surface area contributed by atoms with Crippen molar-refractivity contribution in [1.29, 1.82) is 0 Å². The Morgan fingerprint density at radius 1 is 1.30 bits per heavy atom. The Labute approximate surface area is 190 Å². The summed E-state index contributed by atoms with van der Waals surface area (Å²) in [5.74, 6) is 0.635. The topological polar surface area (TPSA) is 51.7 Å². The van der Waals surface area contributed by atoms with E-state index in [1.54, 1.807) is 7.11 Å². The highest BCUT2D eigenvalue weighted by Gasteiger charge is 2.36. The van der Waals surface area contributed by atoms with Crippen LogP contribution < -0.4 is 4.74 Å². The van der Waals surface area contributed by atoms with E-state index in [9.17, 15) is 4.79 Å². The van der Waals surface area contributed by atoms with Gasteiger partial charge in [0.15, 0.2) is 0 Å². The average Bonchev–Trinajstić information content (AvgIpc) is 3.19. The molecule has 0 spiro atoms. The highest BCUT2D eigenvalue weighted by molar-refractivity contribution is 9.10. The number of ether oxygens (including phenoxy) is 2. The lowest BCUT2D eigenvalue weighted by molar-refractivity contribution is -0.149. The number of carbonyl (C=O) groups excluding carboxylic acids is 1. The number of pyridine rings is 1. The number of rotatable bonds is 5. The number of benzene rings is 1. The van der Waals surface area contributed by atoms with Gasteiger partial charge in [-0.3, -0.25) is 9.69 Å². The maximum Gasteiger partial charge on any atom is 0.309 e. The minimum atomic E-state index is -0.0567. The van der Waals surface area contributed by atoms with Gasteiger partial charge in [-0.25, -0.2) is 4.98 Å². The van der Waals surface area contributed by atoms with E-state index in [0.29, 0.717) is 17.5 Å². The Morgan fingerprint density at radius 3 is 2.77 bits per heavy atom. The maximum atomic E-state index is 12.1. The average molecular weight is 494 g/mol. The molecule has 1 aromatic carbocycles. The molecular weight excluding hydrogens is 468 g/mol. The van der Waals surface area contributed by atoms with E-state index in [2.05, 4.69) is 26.9 Å². The molecule has 1 fully saturated rings. The number of methoxy groups -OCH3 is 1. The minimum Gasteiger partial charge on any atom is -0.481 e. The molecular formula is C23H26BrClN2O3. The van der Waals surface area contributed by atoms with Crippen LogP contribution in [0.15, 0.2) is 28.7 Å². The van der Waals surface area contributed by atoms with E-state index < -0.39 is 0 Å². The molecule has 2 heterocycles. The SMILES string of the molecule is CCOC(=O)C1CCN([C@@H]2CCc3cc(-c4cccc(Br)c4Cl)nc(OC)c32)CC1. The van der Waals surface area contributed by atoms with Gasteiger partial charge in [0, 0.05) is 21.6 Å². The lowest BCUT2D eigenvalue weighted by Gasteiger charge is -2.35. The van der Waals surface area contributed by atoms with Crippen molar-refractivity contribution in [3.05, 3.63) is 44.9 Å². The van der Waals surface area contributed by atoms with Crippen LogP contribution in [0, 0.1) is 5.92 Å². The number of aryl methyl sites for hydroxylation is 1. The molecule has 1 saturated heterocycles. The van der Waals surface area contributed by atoms with Gasteiger partial charge in [-0.15, -0.1) is 0 Å². The predicted octanol–water partition coefficient (Wildman–Crippen LogP) is 5.44. The Balaban J connectivity index is 1.58. The molecule has 5 nitrogen and oxygen atoms in total. The third kappa shape index (κ3) is 4.10. The minimum absolute atomic E-state index is 0.0168. The van der Waals surface area contributed by atoms with E-state index in [0.717, 1.165) is 54.5 Å². The van der Waals surface area contributed by atoms with Gasteiger partial charge in [0.05, 0.1) is 30.4 Å². The largest absolute Gasteiger partial charge is 0.481 e. The van der Waals surface area contributed by atoms with Gasteiger partial charge >= 0.3 is 5.97 Å². The van der Waals surface area contributed by atoms with E-state index in [-0.39, 0.29) is 17.9 Å². The van der Waals surface area contributed by atoms with E-state index in [4.69, 9.17) is 26.1 Å². The van der Waals surface area contributed by atoms with Crippen LogP contribution >= 0.6 is 27.5 Å². The van der Waals surface area contributed by atoms with Crippen LogP contribution in [0.25, 0.3) is 11.3 Å². The quantitative estimate of drug-likeness (QED) is 0.520. The van der Waals surface area contributed by atoms with Gasteiger partial charge in [0.1, 0.15) is 0 Å². The molecule has 1 atom stereocenters. The van der Waals surface area contributed by atoms with Crippen LogP contribution in [0.2, 0.25) is 5.02 Å². The molecule has 160 valence electrons. The maximum absolute atomic E-state index is 12.1. The molecule has 2 aliphatic rings. The molecule has 1 aliphatic heterocycles. The number of esters is 1. The van der Waals surface area contributed by atoms with Crippen LogP contribution in [-0.4, -0.2) is 42.7 Å². The van der Waals surface area contributed by atoms with Crippen molar-refractivity contribution < 1.29 is 14.3 Å². The zero-order chi connectivity index (χ0) is 21.3. The van der Waals surface area contributed by atoms with Gasteiger partial charge in [0.25, 0.3) is 0 Å². The van der Waals surface area contributed by atoms with E-state index in [1.165, 1.54) is 11.1 Å². The monoisotopic (exact) mass is 492 g/mol. The summed E-state index contributed by atoms with van der Waals surface area (Å²) in [6.45, 7) is 4.07. The fraction of sp³-hybridized carbons (Fsp3) is 0.478. The van der Waals surface area contributed by atoms with Crippen LogP contribution in [-0.2, 0) is 16.0 Å². The molecule has 7 heteroatoms. The number of carbonyl (C=O) groups is 1. The summed E-state index contributed by atoms with van der Waals surface area (Å²) in [5, 5.41) is 0.655. The van der Waals surface area contributed by atoms with Crippen LogP contribution in [0.1, 0.15) is 43.4 Å². The third-order valence-electron chi connectivity index (χ3n) is 6.14. The van der Waals surface area contributed by atoms with Crippen LogP contribution in [0.5, 0.6) is 5.88 Å². The number of hydrogen-bond acceptors (Lipinski definition) is 5. The highest BCUT2D eigenvalue weighted by atomic mass is 79.9. The summed E-state index contributed by atoms with van der Waals surface area (Å²) in [4.78, 5) is 19.4. The molecule has 30 heavy (non-hydrogen) atoms. The smallest absolute Gasteiger partial charge is 0.309 e. The van der Waals surface area contributed by atoms with Crippen LogP contribution in [0.3, 0.4) is 0 Å². The molecule has 4 rings (SSSR count).